The first-order valence-electron chi connectivity index (χ1n) is 5.06. The number of nitrogens with two attached hydrogens (primary N) is 1. The number of hydrogen-bond acceptors (Lipinski definition) is 2. The van der Waals surface area contributed by atoms with Crippen molar-refractivity contribution in [2.24, 2.45) is 5.73 Å². The number of hydrogen-bond donors (Lipinski definition) is 1. The largest absolute Gasteiger partial charge is 0.380 e. The van der Waals surface area contributed by atoms with Crippen LogP contribution in [0.2, 0.25) is 0 Å². The van der Waals surface area contributed by atoms with E-state index in [0.717, 1.165) is 6.61 Å². The van der Waals surface area contributed by atoms with Crippen LogP contribution in [0.1, 0.15) is 29.7 Å². The molecular weight excluding hydrogens is 174 g/mol. The zero-order chi connectivity index (χ0) is 10.6. The fourth-order valence-corrected chi connectivity index (χ4v) is 1.74. The lowest BCUT2D eigenvalue weighted by Crippen LogP contribution is -2.19. The SMILES string of the molecule is CCOCC(N)c1c(C)cccc1C. The fourth-order valence-electron chi connectivity index (χ4n) is 1.74. The highest BCUT2D eigenvalue weighted by Gasteiger charge is 2.10. The van der Waals surface area contributed by atoms with Gasteiger partial charge in [0.1, 0.15) is 0 Å². The zero-order valence-electron chi connectivity index (χ0n) is 9.21. The van der Waals surface area contributed by atoms with Crippen LogP contribution in [0.5, 0.6) is 0 Å². The van der Waals surface area contributed by atoms with E-state index in [9.17, 15) is 0 Å². The van der Waals surface area contributed by atoms with E-state index in [1.807, 2.05) is 6.92 Å². The van der Waals surface area contributed by atoms with Crippen LogP contribution < -0.4 is 5.73 Å². The van der Waals surface area contributed by atoms with Crippen LogP contribution in [0, 0.1) is 13.8 Å². The van der Waals surface area contributed by atoms with Crippen molar-refractivity contribution in [3.63, 3.8) is 0 Å². The Morgan fingerprint density at radius 1 is 1.29 bits per heavy atom. The monoisotopic (exact) mass is 193 g/mol. The van der Waals surface area contributed by atoms with Gasteiger partial charge >= 0.3 is 0 Å². The summed E-state index contributed by atoms with van der Waals surface area (Å²) in [4.78, 5) is 0. The Bertz CT molecular complexity index is 276. The Hall–Kier alpha value is -0.860. The highest BCUT2D eigenvalue weighted by molar-refractivity contribution is 5.35. The van der Waals surface area contributed by atoms with Crippen molar-refractivity contribution in [2.75, 3.05) is 13.2 Å². The molecular formula is C12H19NO. The van der Waals surface area contributed by atoms with Crippen LogP contribution in [-0.4, -0.2) is 13.2 Å². The summed E-state index contributed by atoms with van der Waals surface area (Å²) in [6.45, 7) is 7.49. The molecule has 78 valence electrons. The smallest absolute Gasteiger partial charge is 0.0659 e. The van der Waals surface area contributed by atoms with Gasteiger partial charge in [-0.25, -0.2) is 0 Å². The average molecular weight is 193 g/mol. The predicted molar refractivity (Wildman–Crippen MR) is 59.3 cm³/mol. The molecule has 0 amide bonds. The number of aryl methyl sites for hydroxylation is 2. The number of rotatable bonds is 4. The maximum Gasteiger partial charge on any atom is 0.0659 e. The normalized spacial score (nSPS) is 12.9. The molecule has 0 spiro atoms. The molecule has 0 aliphatic carbocycles. The molecule has 2 N–H and O–H groups in total. The summed E-state index contributed by atoms with van der Waals surface area (Å²) in [5.41, 5.74) is 9.78. The first-order valence-corrected chi connectivity index (χ1v) is 5.06. The molecule has 1 unspecified atom stereocenters. The second-order valence-electron chi connectivity index (χ2n) is 3.57. The van der Waals surface area contributed by atoms with Gasteiger partial charge in [0.25, 0.3) is 0 Å². The lowest BCUT2D eigenvalue weighted by atomic mass is 9.97. The van der Waals surface area contributed by atoms with Crippen LogP contribution in [0.4, 0.5) is 0 Å². The molecule has 2 heteroatoms. The summed E-state index contributed by atoms with van der Waals surface area (Å²) >= 11 is 0. The molecule has 14 heavy (non-hydrogen) atoms. The Balaban J connectivity index is 2.82. The van der Waals surface area contributed by atoms with E-state index < -0.39 is 0 Å². The minimum atomic E-state index is -0.00356. The van der Waals surface area contributed by atoms with Gasteiger partial charge in [-0.3, -0.25) is 0 Å². The summed E-state index contributed by atoms with van der Waals surface area (Å²) < 4.78 is 5.33. The van der Waals surface area contributed by atoms with Gasteiger partial charge in [0.2, 0.25) is 0 Å². The second-order valence-corrected chi connectivity index (χ2v) is 3.57. The molecule has 0 radical (unpaired) electrons. The Morgan fingerprint density at radius 2 is 1.86 bits per heavy atom. The summed E-state index contributed by atoms with van der Waals surface area (Å²) in [5.74, 6) is 0. The third-order valence-corrected chi connectivity index (χ3v) is 2.41. The van der Waals surface area contributed by atoms with Gasteiger partial charge in [-0.1, -0.05) is 18.2 Å². The summed E-state index contributed by atoms with van der Waals surface area (Å²) in [6.07, 6.45) is 0. The molecule has 2 nitrogen and oxygen atoms in total. The lowest BCUT2D eigenvalue weighted by molar-refractivity contribution is 0.133. The molecule has 0 bridgehead atoms. The number of ether oxygens (including phenoxy) is 1. The topological polar surface area (TPSA) is 35.2 Å². The molecule has 0 aliphatic rings. The van der Waals surface area contributed by atoms with E-state index in [2.05, 4.69) is 32.0 Å². The first kappa shape index (κ1) is 11.2. The van der Waals surface area contributed by atoms with Gasteiger partial charge in [0.05, 0.1) is 12.6 Å². The van der Waals surface area contributed by atoms with Gasteiger partial charge in [-0.15, -0.1) is 0 Å². The molecule has 1 rings (SSSR count). The van der Waals surface area contributed by atoms with E-state index in [-0.39, 0.29) is 6.04 Å². The maximum absolute atomic E-state index is 6.06. The third-order valence-electron chi connectivity index (χ3n) is 2.41. The first-order chi connectivity index (χ1) is 6.66. The Labute approximate surface area is 86.1 Å². The lowest BCUT2D eigenvalue weighted by Gasteiger charge is -2.17. The minimum absolute atomic E-state index is 0.00356. The molecule has 0 heterocycles. The van der Waals surface area contributed by atoms with Crippen molar-refractivity contribution in [3.8, 4) is 0 Å². The fraction of sp³-hybridized carbons (Fsp3) is 0.500. The quantitative estimate of drug-likeness (QED) is 0.796. The van der Waals surface area contributed by atoms with E-state index in [4.69, 9.17) is 10.5 Å². The van der Waals surface area contributed by atoms with E-state index in [1.165, 1.54) is 16.7 Å². The molecule has 0 saturated carbocycles. The van der Waals surface area contributed by atoms with Gasteiger partial charge in [-0.2, -0.15) is 0 Å². The Morgan fingerprint density at radius 3 is 2.36 bits per heavy atom. The van der Waals surface area contributed by atoms with E-state index >= 15 is 0 Å². The van der Waals surface area contributed by atoms with Gasteiger partial charge in [0, 0.05) is 6.61 Å². The van der Waals surface area contributed by atoms with Crippen LogP contribution in [0.25, 0.3) is 0 Å². The third kappa shape index (κ3) is 2.56. The minimum Gasteiger partial charge on any atom is -0.380 e. The summed E-state index contributed by atoms with van der Waals surface area (Å²) in [5, 5.41) is 0. The van der Waals surface area contributed by atoms with Crippen LogP contribution >= 0.6 is 0 Å². The summed E-state index contributed by atoms with van der Waals surface area (Å²) in [7, 11) is 0. The van der Waals surface area contributed by atoms with Crippen molar-refractivity contribution in [3.05, 3.63) is 34.9 Å². The van der Waals surface area contributed by atoms with Crippen molar-refractivity contribution < 1.29 is 4.74 Å². The van der Waals surface area contributed by atoms with Crippen LogP contribution in [0.3, 0.4) is 0 Å². The molecule has 0 aromatic heterocycles. The Kier molecular flexibility index (Phi) is 4.11. The highest BCUT2D eigenvalue weighted by Crippen LogP contribution is 2.20. The van der Waals surface area contributed by atoms with Gasteiger partial charge in [0.15, 0.2) is 0 Å². The van der Waals surface area contributed by atoms with Gasteiger partial charge in [-0.05, 0) is 37.5 Å². The molecule has 0 fully saturated rings. The molecule has 1 atom stereocenters. The second kappa shape index (κ2) is 5.13. The van der Waals surface area contributed by atoms with Crippen LogP contribution in [0.15, 0.2) is 18.2 Å². The number of benzene rings is 1. The van der Waals surface area contributed by atoms with Crippen molar-refractivity contribution in [1.82, 2.24) is 0 Å². The predicted octanol–water partition coefficient (Wildman–Crippen LogP) is 2.34. The van der Waals surface area contributed by atoms with Gasteiger partial charge < -0.3 is 10.5 Å². The molecule has 0 saturated heterocycles. The molecule has 0 aliphatic heterocycles. The highest BCUT2D eigenvalue weighted by atomic mass is 16.5. The maximum atomic E-state index is 6.06. The molecule has 1 aromatic rings. The van der Waals surface area contributed by atoms with Crippen molar-refractivity contribution in [2.45, 2.75) is 26.8 Å². The standard InChI is InChI=1S/C12H19NO/c1-4-14-8-11(13)12-9(2)6-5-7-10(12)3/h5-7,11H,4,8,13H2,1-3H3. The van der Waals surface area contributed by atoms with Crippen molar-refractivity contribution >= 4 is 0 Å². The summed E-state index contributed by atoms with van der Waals surface area (Å²) in [6, 6.07) is 6.24. The van der Waals surface area contributed by atoms with Crippen molar-refractivity contribution in [1.29, 1.82) is 0 Å². The zero-order valence-corrected chi connectivity index (χ0v) is 9.21. The molecule has 1 aromatic carbocycles. The van der Waals surface area contributed by atoms with Crippen LogP contribution in [-0.2, 0) is 4.74 Å². The van der Waals surface area contributed by atoms with E-state index in [0.29, 0.717) is 6.61 Å². The van der Waals surface area contributed by atoms with E-state index in [1.54, 1.807) is 0 Å². The average Bonchev–Trinajstić information content (AvgIpc) is 2.14.